The van der Waals surface area contributed by atoms with Gasteiger partial charge >= 0.3 is 6.09 Å². The molecule has 0 aromatic rings. The van der Waals surface area contributed by atoms with Gasteiger partial charge in [0.05, 0.1) is 5.54 Å². The van der Waals surface area contributed by atoms with Crippen molar-refractivity contribution in [2.45, 2.75) is 44.8 Å². The fourth-order valence-corrected chi connectivity index (χ4v) is 3.51. The third kappa shape index (κ3) is 1.38. The molecule has 3 atom stereocenters. The summed E-state index contributed by atoms with van der Waals surface area (Å²) in [5.74, 6) is 0.305. The van der Waals surface area contributed by atoms with Gasteiger partial charge in [-0.1, -0.05) is 18.2 Å². The lowest BCUT2D eigenvalue weighted by Crippen LogP contribution is -2.55. The lowest BCUT2D eigenvalue weighted by atomic mass is 9.77. The fraction of sp³-hybridized carbons (Fsp3) is 0.643. The summed E-state index contributed by atoms with van der Waals surface area (Å²) in [6, 6.07) is 0. The van der Waals surface area contributed by atoms with Crippen LogP contribution < -0.4 is 0 Å². The van der Waals surface area contributed by atoms with Crippen LogP contribution in [0.2, 0.25) is 0 Å². The van der Waals surface area contributed by atoms with Crippen LogP contribution in [0.4, 0.5) is 4.79 Å². The second-order valence-electron chi connectivity index (χ2n) is 5.58. The van der Waals surface area contributed by atoms with Crippen LogP contribution >= 0.6 is 0 Å². The Morgan fingerprint density at radius 1 is 1.65 bits per heavy atom. The summed E-state index contributed by atoms with van der Waals surface area (Å²) in [6.45, 7) is 14.5. The molecule has 1 amide bonds. The number of hydrogen-bond acceptors (Lipinski definition) is 2. The van der Waals surface area contributed by atoms with Crippen LogP contribution in [0, 0.1) is 5.92 Å². The highest BCUT2D eigenvalue weighted by molar-refractivity contribution is 5.73. The Morgan fingerprint density at radius 2 is 2.29 bits per heavy atom. The van der Waals surface area contributed by atoms with Crippen LogP contribution in [0.5, 0.6) is 0 Å². The highest BCUT2D eigenvalue weighted by Gasteiger charge is 2.66. The van der Waals surface area contributed by atoms with E-state index in [4.69, 9.17) is 4.74 Å². The predicted molar refractivity (Wildman–Crippen MR) is 67.7 cm³/mol. The van der Waals surface area contributed by atoms with Gasteiger partial charge in [-0.05, 0) is 33.6 Å². The van der Waals surface area contributed by atoms with Crippen molar-refractivity contribution >= 4 is 6.09 Å². The van der Waals surface area contributed by atoms with E-state index in [0.29, 0.717) is 12.5 Å². The number of nitrogens with zero attached hydrogens (tertiary/aromatic N) is 1. The number of ether oxygens (including phenoxy) is 1. The second kappa shape index (κ2) is 3.62. The summed E-state index contributed by atoms with van der Waals surface area (Å²) in [4.78, 5) is 13.8. The van der Waals surface area contributed by atoms with E-state index in [0.717, 1.165) is 18.4 Å². The minimum atomic E-state index is -0.392. The van der Waals surface area contributed by atoms with Crippen LogP contribution in [-0.2, 0) is 4.74 Å². The Morgan fingerprint density at radius 3 is 2.82 bits per heavy atom. The Labute approximate surface area is 103 Å². The normalized spacial score (nSPS) is 40.1. The molecule has 2 rings (SSSR count). The smallest absolute Gasteiger partial charge is 0.411 e. The molecule has 1 aliphatic carbocycles. The molecule has 94 valence electrons. The predicted octanol–water partition coefficient (Wildman–Crippen LogP) is 3.13. The first-order valence-corrected chi connectivity index (χ1v) is 6.14. The number of fused-ring (bicyclic) bond motifs is 1. The molecule has 2 fully saturated rings. The Balaban J connectivity index is 2.46. The Bertz CT molecular complexity index is 390. The molecule has 0 bridgehead atoms. The van der Waals surface area contributed by atoms with Crippen molar-refractivity contribution in [1.29, 1.82) is 0 Å². The molecule has 1 saturated carbocycles. The molecule has 1 heterocycles. The topological polar surface area (TPSA) is 29.5 Å². The zero-order valence-electron chi connectivity index (χ0n) is 11.0. The summed E-state index contributed by atoms with van der Waals surface area (Å²) in [5, 5.41) is 0. The number of carbonyl (C=O) groups excluding carboxylic acids is 1. The average molecular weight is 235 g/mol. The molecule has 3 unspecified atom stereocenters. The highest BCUT2D eigenvalue weighted by Crippen LogP contribution is 2.55. The van der Waals surface area contributed by atoms with Crippen molar-refractivity contribution in [1.82, 2.24) is 4.90 Å². The molecule has 0 aromatic carbocycles. The van der Waals surface area contributed by atoms with Gasteiger partial charge in [0.15, 0.2) is 0 Å². The summed E-state index contributed by atoms with van der Waals surface area (Å²) in [6.07, 6.45) is 3.47. The summed E-state index contributed by atoms with van der Waals surface area (Å²) >= 11 is 0. The Kier molecular flexibility index (Phi) is 2.60. The van der Waals surface area contributed by atoms with E-state index >= 15 is 0 Å². The lowest BCUT2D eigenvalue weighted by molar-refractivity contribution is 0.0239. The maximum absolute atomic E-state index is 12.0. The zero-order valence-corrected chi connectivity index (χ0v) is 11.0. The van der Waals surface area contributed by atoms with Crippen molar-refractivity contribution in [3.05, 3.63) is 24.8 Å². The highest BCUT2D eigenvalue weighted by atomic mass is 16.6. The van der Waals surface area contributed by atoms with Crippen LogP contribution in [-0.4, -0.2) is 28.7 Å². The van der Waals surface area contributed by atoms with Gasteiger partial charge < -0.3 is 4.74 Å². The monoisotopic (exact) mass is 235 g/mol. The quantitative estimate of drug-likeness (QED) is 0.703. The van der Waals surface area contributed by atoms with Gasteiger partial charge in [0.25, 0.3) is 0 Å². The first kappa shape index (κ1) is 12.2. The second-order valence-corrected chi connectivity index (χ2v) is 5.58. The third-order valence-electron chi connectivity index (χ3n) is 4.66. The minimum Gasteiger partial charge on any atom is -0.441 e. The van der Waals surface area contributed by atoms with E-state index in [9.17, 15) is 4.79 Å². The van der Waals surface area contributed by atoms with E-state index in [1.165, 1.54) is 0 Å². The third-order valence-corrected chi connectivity index (χ3v) is 4.66. The molecule has 0 aromatic heterocycles. The van der Waals surface area contributed by atoms with E-state index in [1.807, 2.05) is 18.7 Å². The van der Waals surface area contributed by atoms with E-state index in [1.54, 1.807) is 6.08 Å². The standard InChI is InChI=1S/C14H21NO2/c1-6-9-15-12(16)17-13(4)8-7-11(10(2)3)14(13,15)5/h6,11H,1-2,7-9H2,3-5H3. The summed E-state index contributed by atoms with van der Waals surface area (Å²) in [5.41, 5.74) is 0.449. The van der Waals surface area contributed by atoms with Crippen LogP contribution in [0.1, 0.15) is 33.6 Å². The number of amides is 1. The van der Waals surface area contributed by atoms with E-state index in [-0.39, 0.29) is 11.6 Å². The molecule has 2 aliphatic rings. The number of hydrogen-bond donors (Lipinski definition) is 0. The van der Waals surface area contributed by atoms with Crippen molar-refractivity contribution < 1.29 is 9.53 Å². The lowest BCUT2D eigenvalue weighted by Gasteiger charge is -2.41. The molecule has 0 N–H and O–H groups in total. The van der Waals surface area contributed by atoms with Crippen molar-refractivity contribution in [2.24, 2.45) is 5.92 Å². The van der Waals surface area contributed by atoms with Gasteiger partial charge in [-0.25, -0.2) is 4.79 Å². The molecule has 3 nitrogen and oxygen atoms in total. The Hall–Kier alpha value is -1.25. The molecule has 17 heavy (non-hydrogen) atoms. The molecular formula is C14H21NO2. The van der Waals surface area contributed by atoms with Gasteiger partial charge in [-0.15, -0.1) is 6.58 Å². The largest absolute Gasteiger partial charge is 0.441 e. The van der Waals surface area contributed by atoms with Crippen molar-refractivity contribution in [2.75, 3.05) is 6.54 Å². The van der Waals surface area contributed by atoms with Gasteiger partial charge in [-0.3, -0.25) is 4.90 Å². The zero-order chi connectivity index (χ0) is 12.8. The maximum Gasteiger partial charge on any atom is 0.411 e. The average Bonchev–Trinajstić information content (AvgIpc) is 2.57. The first-order chi connectivity index (χ1) is 7.87. The SMILES string of the molecule is C=CCN1C(=O)OC2(C)CCC(C(=C)C)C12C. The molecule has 0 radical (unpaired) electrons. The number of rotatable bonds is 3. The molecule has 3 heteroatoms. The van der Waals surface area contributed by atoms with Gasteiger partial charge in [0, 0.05) is 12.5 Å². The van der Waals surface area contributed by atoms with Gasteiger partial charge in [-0.2, -0.15) is 0 Å². The first-order valence-electron chi connectivity index (χ1n) is 6.14. The molecule has 0 spiro atoms. The maximum atomic E-state index is 12.0. The van der Waals surface area contributed by atoms with Crippen molar-refractivity contribution in [3.8, 4) is 0 Å². The summed E-state index contributed by atoms with van der Waals surface area (Å²) < 4.78 is 5.62. The minimum absolute atomic E-state index is 0.221. The van der Waals surface area contributed by atoms with Gasteiger partial charge in [0.2, 0.25) is 0 Å². The molecule has 1 saturated heterocycles. The van der Waals surface area contributed by atoms with Crippen molar-refractivity contribution in [3.63, 3.8) is 0 Å². The molecular weight excluding hydrogens is 214 g/mol. The molecule has 1 aliphatic heterocycles. The van der Waals surface area contributed by atoms with Crippen LogP contribution in [0.3, 0.4) is 0 Å². The van der Waals surface area contributed by atoms with E-state index < -0.39 is 5.60 Å². The van der Waals surface area contributed by atoms with Gasteiger partial charge in [0.1, 0.15) is 5.60 Å². The number of carbonyl (C=O) groups is 1. The van der Waals surface area contributed by atoms with Crippen LogP contribution in [0.15, 0.2) is 24.8 Å². The fourth-order valence-electron chi connectivity index (χ4n) is 3.51. The summed E-state index contributed by atoms with van der Waals surface area (Å²) in [7, 11) is 0. The van der Waals surface area contributed by atoms with E-state index in [2.05, 4.69) is 20.1 Å². The van der Waals surface area contributed by atoms with Crippen LogP contribution in [0.25, 0.3) is 0 Å².